The highest BCUT2D eigenvalue weighted by atomic mass is 16.5. The summed E-state index contributed by atoms with van der Waals surface area (Å²) in [5.41, 5.74) is -1.30. The lowest BCUT2D eigenvalue weighted by Gasteiger charge is -2.40. The van der Waals surface area contributed by atoms with Gasteiger partial charge in [-0.25, -0.2) is 0 Å². The number of aliphatic hydroxyl groups is 4. The molecule has 5 atom stereocenters. The van der Waals surface area contributed by atoms with Crippen LogP contribution in [0.15, 0.2) is 39.5 Å². The summed E-state index contributed by atoms with van der Waals surface area (Å²) in [5.74, 6) is -2.09. The summed E-state index contributed by atoms with van der Waals surface area (Å²) in [6.07, 6.45) is -8.11. The fraction of sp³-hybridized carbons (Fsp3) is 0.286. The smallest absolute Gasteiger partial charge is 0.197 e. The zero-order chi connectivity index (χ0) is 23.3. The summed E-state index contributed by atoms with van der Waals surface area (Å²) in [4.78, 5) is 12.8. The molecule has 0 unspecified atom stereocenters. The second-order valence-corrected chi connectivity index (χ2v) is 7.49. The highest BCUT2D eigenvalue weighted by molar-refractivity contribution is 5.88. The summed E-state index contributed by atoms with van der Waals surface area (Å²) in [5, 5.41) is 79.8. The van der Waals surface area contributed by atoms with Crippen LogP contribution in [0.25, 0.3) is 22.3 Å². The van der Waals surface area contributed by atoms with Crippen molar-refractivity contribution < 1.29 is 50.0 Å². The lowest BCUT2D eigenvalue weighted by Crippen LogP contribution is -2.55. The number of aromatic hydroxyl groups is 4. The van der Waals surface area contributed by atoms with Crippen LogP contribution < -0.4 is 5.43 Å². The summed E-state index contributed by atoms with van der Waals surface area (Å²) in [6, 6.07) is 5.51. The van der Waals surface area contributed by atoms with E-state index in [4.69, 9.17) is 9.15 Å². The second-order valence-electron chi connectivity index (χ2n) is 7.49. The molecule has 4 rings (SSSR count). The van der Waals surface area contributed by atoms with E-state index >= 15 is 0 Å². The molecule has 170 valence electrons. The zero-order valence-corrected chi connectivity index (χ0v) is 16.3. The molecule has 1 fully saturated rings. The van der Waals surface area contributed by atoms with Gasteiger partial charge in [-0.2, -0.15) is 0 Å². The van der Waals surface area contributed by atoms with Gasteiger partial charge in [-0.1, -0.05) is 0 Å². The molecule has 8 N–H and O–H groups in total. The number of benzene rings is 2. The number of rotatable bonds is 3. The van der Waals surface area contributed by atoms with Crippen molar-refractivity contribution >= 4 is 11.0 Å². The van der Waals surface area contributed by atoms with Gasteiger partial charge in [0, 0.05) is 23.8 Å². The monoisotopic (exact) mass is 448 g/mol. The minimum Gasteiger partial charge on any atom is -0.508 e. The van der Waals surface area contributed by atoms with Crippen LogP contribution in [0.1, 0.15) is 11.7 Å². The average Bonchev–Trinajstić information content (AvgIpc) is 2.72. The van der Waals surface area contributed by atoms with Crippen molar-refractivity contribution in [2.24, 2.45) is 0 Å². The normalized spacial score (nSPS) is 25.8. The van der Waals surface area contributed by atoms with Crippen LogP contribution in [-0.2, 0) is 4.74 Å². The molecule has 11 heteroatoms. The number of hydrogen-bond donors (Lipinski definition) is 8. The first-order valence-corrected chi connectivity index (χ1v) is 9.49. The first-order chi connectivity index (χ1) is 15.1. The maximum Gasteiger partial charge on any atom is 0.197 e. The van der Waals surface area contributed by atoms with Gasteiger partial charge in [-0.15, -0.1) is 0 Å². The molecule has 2 heterocycles. The van der Waals surface area contributed by atoms with Gasteiger partial charge in [-0.05, 0) is 12.1 Å². The highest BCUT2D eigenvalue weighted by Gasteiger charge is 2.46. The van der Waals surface area contributed by atoms with Crippen LogP contribution in [0.4, 0.5) is 0 Å². The molecule has 1 saturated heterocycles. The molecule has 1 aliphatic rings. The van der Waals surface area contributed by atoms with Gasteiger partial charge in [0.2, 0.25) is 0 Å². The van der Waals surface area contributed by atoms with Crippen molar-refractivity contribution in [3.63, 3.8) is 0 Å². The van der Waals surface area contributed by atoms with Crippen molar-refractivity contribution in [2.75, 3.05) is 6.61 Å². The average molecular weight is 448 g/mol. The third kappa shape index (κ3) is 3.51. The molecular formula is C21H20O11. The number of phenolic OH excluding ortho intramolecular Hbond substituents is 4. The third-order valence-electron chi connectivity index (χ3n) is 5.37. The SMILES string of the molecule is O=c1cc(-c2cc(O)cc(O)c2)oc2cc(O)c([C@@H]3O[C@H](CO)[C@@H](O)[C@H](O)[C@@H]3O)c(O)c12. The molecule has 1 aromatic heterocycles. The van der Waals surface area contributed by atoms with Gasteiger partial charge in [0.1, 0.15) is 70.2 Å². The first kappa shape index (κ1) is 21.9. The van der Waals surface area contributed by atoms with Gasteiger partial charge in [0.25, 0.3) is 0 Å². The lowest BCUT2D eigenvalue weighted by atomic mass is 9.89. The lowest BCUT2D eigenvalue weighted by molar-refractivity contribution is -0.232. The number of fused-ring (bicyclic) bond motifs is 1. The number of aliphatic hydroxyl groups excluding tert-OH is 4. The Hall–Kier alpha value is -3.35. The van der Waals surface area contributed by atoms with E-state index in [1.165, 1.54) is 12.1 Å². The van der Waals surface area contributed by atoms with Gasteiger partial charge in [0.15, 0.2) is 5.43 Å². The molecule has 0 aliphatic carbocycles. The van der Waals surface area contributed by atoms with Gasteiger partial charge >= 0.3 is 0 Å². The molecule has 11 nitrogen and oxygen atoms in total. The molecule has 0 saturated carbocycles. The minimum atomic E-state index is -1.80. The van der Waals surface area contributed by atoms with E-state index in [-0.39, 0.29) is 33.8 Å². The van der Waals surface area contributed by atoms with Crippen LogP contribution in [0, 0.1) is 0 Å². The Morgan fingerprint density at radius 1 is 0.844 bits per heavy atom. The number of phenols is 4. The predicted octanol–water partition coefficient (Wildman–Crippen LogP) is -0.203. The fourth-order valence-electron chi connectivity index (χ4n) is 3.80. The summed E-state index contributed by atoms with van der Waals surface area (Å²) < 4.78 is 10.9. The van der Waals surface area contributed by atoms with E-state index in [9.17, 15) is 45.6 Å². The van der Waals surface area contributed by atoms with Gasteiger partial charge in [-0.3, -0.25) is 4.79 Å². The Kier molecular flexibility index (Phi) is 5.44. The fourth-order valence-corrected chi connectivity index (χ4v) is 3.80. The van der Waals surface area contributed by atoms with Crippen LogP contribution in [-0.4, -0.2) is 71.9 Å². The van der Waals surface area contributed by atoms with Gasteiger partial charge in [0.05, 0.1) is 12.2 Å². The van der Waals surface area contributed by atoms with E-state index in [1.807, 2.05) is 0 Å². The van der Waals surface area contributed by atoms with E-state index in [2.05, 4.69) is 0 Å². The maximum absolute atomic E-state index is 12.8. The number of hydrogen-bond acceptors (Lipinski definition) is 11. The molecule has 0 amide bonds. The molecule has 2 aromatic carbocycles. The van der Waals surface area contributed by atoms with Crippen molar-refractivity contribution in [3.05, 3.63) is 46.1 Å². The Morgan fingerprint density at radius 3 is 2.12 bits per heavy atom. The van der Waals surface area contributed by atoms with Crippen LogP contribution in [0.3, 0.4) is 0 Å². The third-order valence-corrected chi connectivity index (χ3v) is 5.37. The topological polar surface area (TPSA) is 201 Å². The maximum atomic E-state index is 12.8. The van der Waals surface area contributed by atoms with Crippen LogP contribution >= 0.6 is 0 Å². The minimum absolute atomic E-state index is 0.0758. The largest absolute Gasteiger partial charge is 0.508 e. The molecular weight excluding hydrogens is 428 g/mol. The second kappa shape index (κ2) is 7.97. The van der Waals surface area contributed by atoms with Crippen molar-refractivity contribution in [1.82, 2.24) is 0 Å². The van der Waals surface area contributed by atoms with Crippen molar-refractivity contribution in [3.8, 4) is 34.3 Å². The molecule has 0 bridgehead atoms. The van der Waals surface area contributed by atoms with E-state index in [0.29, 0.717) is 0 Å². The standard InChI is InChI=1S/C21H20O11/c22-6-14-17(27)19(29)20(30)21(32-14)16-11(26)5-13-15(18(16)28)10(25)4-12(31-13)7-1-8(23)3-9(24)2-7/h1-5,14,17,19-24,26-30H,6H2/t14-,17-,19+,20+,21+/m1/s1. The van der Waals surface area contributed by atoms with Crippen LogP contribution in [0.5, 0.6) is 23.0 Å². The predicted molar refractivity (Wildman–Crippen MR) is 107 cm³/mol. The van der Waals surface area contributed by atoms with Crippen LogP contribution in [0.2, 0.25) is 0 Å². The molecule has 0 radical (unpaired) electrons. The zero-order valence-electron chi connectivity index (χ0n) is 16.3. The molecule has 3 aromatic rings. The summed E-state index contributed by atoms with van der Waals surface area (Å²) in [7, 11) is 0. The Morgan fingerprint density at radius 2 is 1.50 bits per heavy atom. The quantitative estimate of drug-likeness (QED) is 0.264. The van der Waals surface area contributed by atoms with Crippen molar-refractivity contribution in [2.45, 2.75) is 30.5 Å². The summed E-state index contributed by atoms with van der Waals surface area (Å²) >= 11 is 0. The molecule has 1 aliphatic heterocycles. The molecule has 32 heavy (non-hydrogen) atoms. The highest BCUT2D eigenvalue weighted by Crippen LogP contribution is 2.44. The first-order valence-electron chi connectivity index (χ1n) is 9.49. The number of ether oxygens (including phenoxy) is 1. The molecule has 0 spiro atoms. The Bertz CT molecular complexity index is 1210. The summed E-state index contributed by atoms with van der Waals surface area (Å²) in [6.45, 7) is -0.723. The van der Waals surface area contributed by atoms with Crippen molar-refractivity contribution in [1.29, 1.82) is 0 Å². The Labute approximate surface area is 179 Å². The van der Waals surface area contributed by atoms with Gasteiger partial charge < -0.3 is 50.0 Å². The van der Waals surface area contributed by atoms with E-state index < -0.39 is 59.6 Å². The van der Waals surface area contributed by atoms with E-state index in [1.54, 1.807) is 0 Å². The Balaban J connectivity index is 1.87. The van der Waals surface area contributed by atoms with E-state index in [0.717, 1.165) is 18.2 Å².